The molecule has 0 fully saturated rings. The van der Waals surface area contributed by atoms with Crippen molar-refractivity contribution in [3.8, 4) is 0 Å². The Morgan fingerprint density at radius 2 is 1.77 bits per heavy atom. The van der Waals surface area contributed by atoms with Gasteiger partial charge in [-0.05, 0) is 19.2 Å². The fourth-order valence-electron chi connectivity index (χ4n) is 3.07. The van der Waals surface area contributed by atoms with Gasteiger partial charge in [0.25, 0.3) is 5.91 Å². The molecule has 0 aliphatic carbocycles. The first-order valence-corrected chi connectivity index (χ1v) is 9.60. The van der Waals surface area contributed by atoms with Crippen LogP contribution in [0.3, 0.4) is 0 Å². The van der Waals surface area contributed by atoms with Crippen LogP contribution in [0.25, 0.3) is 10.8 Å². The minimum atomic E-state index is -5.13. The summed E-state index contributed by atoms with van der Waals surface area (Å²) in [5.41, 5.74) is -8.20. The number of hydrogen-bond acceptors (Lipinski definition) is 5. The molecule has 140 valence electrons. The molecule has 1 aliphatic heterocycles. The smallest absolute Gasteiger partial charge is 0.370 e. The molecule has 0 spiro atoms. The molecule has 9 heteroatoms. The van der Waals surface area contributed by atoms with Gasteiger partial charge in [0.05, 0.1) is 18.9 Å². The van der Waals surface area contributed by atoms with Gasteiger partial charge in [-0.15, -0.1) is 0 Å². The average molecular weight is 385 g/mol. The van der Waals surface area contributed by atoms with Crippen LogP contribution in [0, 0.1) is 0 Å². The standard InChI is InChI=1S/C17H18F2NO5P/c1-3-24-26(23,25-4-2)17(18,19)16(22)13-10-9-11-7-5-6-8-12(11)14(13)20-15(16)21/h5-10,22H,3-4H2,1-2H3,(H,20,21). The fraction of sp³-hybridized carbons (Fsp3) is 0.353. The maximum atomic E-state index is 15.2. The largest absolute Gasteiger partial charge is 0.403 e. The van der Waals surface area contributed by atoms with Gasteiger partial charge >= 0.3 is 13.3 Å². The lowest BCUT2D eigenvalue weighted by molar-refractivity contribution is -0.167. The number of aliphatic hydroxyl groups is 1. The number of rotatable bonds is 6. The number of carbonyl (C=O) groups excluding carboxylic acids is 1. The fourth-order valence-corrected chi connectivity index (χ4v) is 4.77. The van der Waals surface area contributed by atoms with Crippen LogP contribution in [0.15, 0.2) is 36.4 Å². The zero-order valence-corrected chi connectivity index (χ0v) is 15.1. The first-order chi connectivity index (χ1) is 12.2. The summed E-state index contributed by atoms with van der Waals surface area (Å²) in [7, 11) is -5.13. The van der Waals surface area contributed by atoms with Crippen molar-refractivity contribution in [2.45, 2.75) is 25.1 Å². The molecule has 1 atom stereocenters. The molecule has 0 aromatic heterocycles. The molecule has 1 amide bonds. The van der Waals surface area contributed by atoms with E-state index >= 15 is 8.78 Å². The molecular formula is C17H18F2NO5P. The van der Waals surface area contributed by atoms with Gasteiger partial charge in [-0.2, -0.15) is 8.78 Å². The Bertz CT molecular complexity index is 909. The molecule has 1 heterocycles. The summed E-state index contributed by atoms with van der Waals surface area (Å²) in [6.45, 7) is 2.05. The zero-order valence-electron chi connectivity index (χ0n) is 14.2. The van der Waals surface area contributed by atoms with Crippen molar-refractivity contribution in [2.75, 3.05) is 18.5 Å². The van der Waals surface area contributed by atoms with Crippen LogP contribution in [-0.4, -0.2) is 29.9 Å². The number of benzene rings is 2. The van der Waals surface area contributed by atoms with E-state index in [1.54, 1.807) is 24.3 Å². The topological polar surface area (TPSA) is 84.9 Å². The van der Waals surface area contributed by atoms with Gasteiger partial charge in [-0.25, -0.2) is 0 Å². The maximum Gasteiger partial charge on any atom is 0.403 e. The van der Waals surface area contributed by atoms with E-state index in [1.165, 1.54) is 26.0 Å². The molecule has 2 aromatic carbocycles. The number of amides is 1. The SMILES string of the molecule is CCOP(=O)(OCC)C(F)(F)C1(O)C(=O)Nc2c1ccc1ccccc21. The number of nitrogens with one attached hydrogen (secondary N) is 1. The predicted octanol–water partition coefficient (Wildman–Crippen LogP) is 3.84. The molecule has 1 aliphatic rings. The van der Waals surface area contributed by atoms with Gasteiger partial charge in [0.1, 0.15) is 0 Å². The van der Waals surface area contributed by atoms with E-state index in [4.69, 9.17) is 9.05 Å². The van der Waals surface area contributed by atoms with Gasteiger partial charge < -0.3 is 19.5 Å². The number of anilines is 1. The molecular weight excluding hydrogens is 367 g/mol. The first-order valence-electron chi connectivity index (χ1n) is 8.06. The van der Waals surface area contributed by atoms with E-state index in [9.17, 15) is 14.5 Å². The Morgan fingerprint density at radius 1 is 1.15 bits per heavy atom. The summed E-state index contributed by atoms with van der Waals surface area (Å²) in [5, 5.41) is 14.3. The number of hydrogen-bond donors (Lipinski definition) is 2. The molecule has 3 rings (SSSR count). The number of halogens is 2. The van der Waals surface area contributed by atoms with E-state index in [2.05, 4.69) is 5.32 Å². The Hall–Kier alpha value is -1.86. The zero-order chi connectivity index (χ0) is 19.2. The Labute approximate surface area is 148 Å². The van der Waals surface area contributed by atoms with Crippen LogP contribution < -0.4 is 5.32 Å². The molecule has 2 aromatic rings. The molecule has 2 N–H and O–H groups in total. The molecule has 0 saturated carbocycles. The lowest BCUT2D eigenvalue weighted by atomic mass is 9.93. The van der Waals surface area contributed by atoms with Gasteiger partial charge in [0.2, 0.25) is 5.60 Å². The third-order valence-electron chi connectivity index (χ3n) is 4.26. The van der Waals surface area contributed by atoms with Crippen LogP contribution in [0.2, 0.25) is 0 Å². The highest BCUT2D eigenvalue weighted by molar-refractivity contribution is 7.55. The van der Waals surface area contributed by atoms with Crippen LogP contribution in [0.4, 0.5) is 14.5 Å². The van der Waals surface area contributed by atoms with Crippen LogP contribution >= 0.6 is 7.60 Å². The van der Waals surface area contributed by atoms with Gasteiger partial charge in [0, 0.05) is 10.9 Å². The molecule has 0 bridgehead atoms. The Balaban J connectivity index is 2.23. The maximum absolute atomic E-state index is 15.2. The van der Waals surface area contributed by atoms with Crippen LogP contribution in [0.1, 0.15) is 19.4 Å². The second-order valence-electron chi connectivity index (χ2n) is 5.75. The minimum Gasteiger partial charge on any atom is -0.370 e. The average Bonchev–Trinajstić information content (AvgIpc) is 2.88. The van der Waals surface area contributed by atoms with Crippen molar-refractivity contribution in [3.63, 3.8) is 0 Å². The summed E-state index contributed by atoms with van der Waals surface area (Å²) < 4.78 is 52.6. The minimum absolute atomic E-state index is 0.0508. The summed E-state index contributed by atoms with van der Waals surface area (Å²) in [6.07, 6.45) is 0. The summed E-state index contributed by atoms with van der Waals surface area (Å²) in [6, 6.07) is 9.51. The summed E-state index contributed by atoms with van der Waals surface area (Å²) in [4.78, 5) is 12.4. The molecule has 6 nitrogen and oxygen atoms in total. The van der Waals surface area contributed by atoms with Crippen LogP contribution in [-0.2, 0) is 24.0 Å². The number of fused-ring (bicyclic) bond motifs is 3. The van der Waals surface area contributed by atoms with E-state index in [0.29, 0.717) is 10.8 Å². The quantitative estimate of drug-likeness (QED) is 0.738. The first kappa shape index (κ1) is 18.9. The molecule has 26 heavy (non-hydrogen) atoms. The van der Waals surface area contributed by atoms with Crippen molar-refractivity contribution >= 4 is 30.0 Å². The molecule has 0 radical (unpaired) electrons. The van der Waals surface area contributed by atoms with E-state index in [1.807, 2.05) is 0 Å². The summed E-state index contributed by atoms with van der Waals surface area (Å²) >= 11 is 0. The van der Waals surface area contributed by atoms with Gasteiger partial charge in [0.15, 0.2) is 0 Å². The van der Waals surface area contributed by atoms with E-state index < -0.39 is 24.8 Å². The predicted molar refractivity (Wildman–Crippen MR) is 92.3 cm³/mol. The highest BCUT2D eigenvalue weighted by Crippen LogP contribution is 2.69. The molecule has 0 saturated heterocycles. The summed E-state index contributed by atoms with van der Waals surface area (Å²) in [5.74, 6) is -1.38. The highest BCUT2D eigenvalue weighted by atomic mass is 31.2. The normalized spacial score (nSPS) is 20.3. The van der Waals surface area contributed by atoms with Crippen molar-refractivity contribution in [1.82, 2.24) is 0 Å². The third kappa shape index (κ3) is 2.41. The van der Waals surface area contributed by atoms with E-state index in [-0.39, 0.29) is 24.5 Å². The second-order valence-corrected chi connectivity index (χ2v) is 7.82. The van der Waals surface area contributed by atoms with Crippen molar-refractivity contribution in [3.05, 3.63) is 42.0 Å². The van der Waals surface area contributed by atoms with Crippen molar-refractivity contribution in [2.24, 2.45) is 0 Å². The lowest BCUT2D eigenvalue weighted by Gasteiger charge is -2.34. The van der Waals surface area contributed by atoms with Crippen LogP contribution in [0.5, 0.6) is 0 Å². The lowest BCUT2D eigenvalue weighted by Crippen LogP contribution is -2.50. The third-order valence-corrected chi connectivity index (χ3v) is 6.47. The highest BCUT2D eigenvalue weighted by Gasteiger charge is 2.73. The van der Waals surface area contributed by atoms with E-state index in [0.717, 1.165) is 0 Å². The van der Waals surface area contributed by atoms with Crippen molar-refractivity contribution in [1.29, 1.82) is 0 Å². The van der Waals surface area contributed by atoms with Gasteiger partial charge in [-0.3, -0.25) is 9.36 Å². The van der Waals surface area contributed by atoms with Gasteiger partial charge in [-0.1, -0.05) is 36.4 Å². The molecule has 1 unspecified atom stereocenters. The number of carbonyl (C=O) groups is 1. The Morgan fingerprint density at radius 3 is 2.38 bits per heavy atom. The van der Waals surface area contributed by atoms with Crippen molar-refractivity contribution < 1.29 is 32.3 Å². The second kappa shape index (κ2) is 6.39. The monoisotopic (exact) mass is 385 g/mol. The number of alkyl halides is 2. The Kier molecular flexibility index (Phi) is 4.65.